The van der Waals surface area contributed by atoms with Crippen molar-refractivity contribution >= 4 is 11.7 Å². The predicted octanol–water partition coefficient (Wildman–Crippen LogP) is 3.57. The molecule has 0 fully saturated rings. The van der Waals surface area contributed by atoms with E-state index in [1.165, 1.54) is 24.1 Å². The van der Waals surface area contributed by atoms with Crippen LogP contribution in [0.1, 0.15) is 49.0 Å². The van der Waals surface area contributed by atoms with E-state index in [-0.39, 0.29) is 0 Å². The number of carbonyl (C=O) groups is 1. The molecular formula is C16H23NO2. The Bertz CT molecular complexity index is 454. The Morgan fingerprint density at radius 1 is 1.42 bits per heavy atom. The zero-order valence-electron chi connectivity index (χ0n) is 11.9. The fourth-order valence-corrected chi connectivity index (χ4v) is 2.73. The Morgan fingerprint density at radius 2 is 2.21 bits per heavy atom. The Labute approximate surface area is 115 Å². The van der Waals surface area contributed by atoms with Gasteiger partial charge in [0.25, 0.3) is 0 Å². The quantitative estimate of drug-likeness (QED) is 0.880. The number of aryl methyl sites for hydroxylation is 1. The zero-order valence-corrected chi connectivity index (χ0v) is 11.9. The Balaban J connectivity index is 2.09. The standard InChI is InChI=1S/C16H23NO2/c1-12(2)5-3-9-17-10-4-6-13-11-14(16(18)19)7-8-15(13)17/h7-8,11-12H,3-6,9-10H2,1-2H3,(H,18,19). The van der Waals surface area contributed by atoms with Crippen LogP contribution in [0.4, 0.5) is 5.69 Å². The van der Waals surface area contributed by atoms with Gasteiger partial charge in [-0.2, -0.15) is 0 Å². The van der Waals surface area contributed by atoms with E-state index in [4.69, 9.17) is 5.11 Å². The number of carboxylic acids is 1. The van der Waals surface area contributed by atoms with E-state index in [0.717, 1.165) is 31.8 Å². The fraction of sp³-hybridized carbons (Fsp3) is 0.562. The highest BCUT2D eigenvalue weighted by atomic mass is 16.4. The lowest BCUT2D eigenvalue weighted by Gasteiger charge is -2.31. The number of carboxylic acid groups (broad SMARTS) is 1. The van der Waals surface area contributed by atoms with Crippen molar-refractivity contribution in [1.29, 1.82) is 0 Å². The smallest absolute Gasteiger partial charge is 0.335 e. The van der Waals surface area contributed by atoms with Crippen molar-refractivity contribution in [3.05, 3.63) is 29.3 Å². The van der Waals surface area contributed by atoms with Crippen LogP contribution < -0.4 is 4.90 Å². The molecule has 0 saturated heterocycles. The van der Waals surface area contributed by atoms with Crippen LogP contribution in [-0.4, -0.2) is 24.2 Å². The van der Waals surface area contributed by atoms with Gasteiger partial charge >= 0.3 is 5.97 Å². The summed E-state index contributed by atoms with van der Waals surface area (Å²) in [4.78, 5) is 13.4. The highest BCUT2D eigenvalue weighted by Crippen LogP contribution is 2.28. The molecule has 0 spiro atoms. The maximum absolute atomic E-state index is 11.0. The van der Waals surface area contributed by atoms with E-state index in [1.54, 1.807) is 6.07 Å². The lowest BCUT2D eigenvalue weighted by atomic mass is 9.98. The summed E-state index contributed by atoms with van der Waals surface area (Å²) in [6.45, 7) is 6.68. The van der Waals surface area contributed by atoms with E-state index in [9.17, 15) is 4.79 Å². The molecule has 2 rings (SSSR count). The molecule has 3 heteroatoms. The average molecular weight is 261 g/mol. The molecule has 0 bridgehead atoms. The molecule has 1 aliphatic rings. The van der Waals surface area contributed by atoms with Crippen molar-refractivity contribution in [2.75, 3.05) is 18.0 Å². The first kappa shape index (κ1) is 13.9. The number of anilines is 1. The van der Waals surface area contributed by atoms with Gasteiger partial charge in [0.1, 0.15) is 0 Å². The third-order valence-corrected chi connectivity index (χ3v) is 3.75. The SMILES string of the molecule is CC(C)CCCN1CCCc2cc(C(=O)O)ccc21. The lowest BCUT2D eigenvalue weighted by molar-refractivity contribution is 0.0697. The summed E-state index contributed by atoms with van der Waals surface area (Å²) < 4.78 is 0. The molecule has 1 heterocycles. The third-order valence-electron chi connectivity index (χ3n) is 3.75. The third kappa shape index (κ3) is 3.49. The zero-order chi connectivity index (χ0) is 13.8. The van der Waals surface area contributed by atoms with Crippen molar-refractivity contribution in [2.45, 2.75) is 39.5 Å². The van der Waals surface area contributed by atoms with Crippen molar-refractivity contribution in [3.63, 3.8) is 0 Å². The van der Waals surface area contributed by atoms with E-state index < -0.39 is 5.97 Å². The minimum absolute atomic E-state index is 0.405. The number of benzene rings is 1. The average Bonchev–Trinajstić information content (AvgIpc) is 2.37. The van der Waals surface area contributed by atoms with Crippen molar-refractivity contribution in [2.24, 2.45) is 5.92 Å². The molecule has 0 atom stereocenters. The summed E-state index contributed by atoms with van der Waals surface area (Å²) in [5.74, 6) is -0.0848. The second-order valence-electron chi connectivity index (χ2n) is 5.78. The number of rotatable bonds is 5. The highest BCUT2D eigenvalue weighted by Gasteiger charge is 2.18. The number of nitrogens with zero attached hydrogens (tertiary/aromatic N) is 1. The Morgan fingerprint density at radius 3 is 2.89 bits per heavy atom. The van der Waals surface area contributed by atoms with Gasteiger partial charge in [0.2, 0.25) is 0 Å². The normalized spacial score (nSPS) is 14.6. The first-order chi connectivity index (χ1) is 9.08. The van der Waals surface area contributed by atoms with Gasteiger partial charge < -0.3 is 10.0 Å². The molecule has 0 radical (unpaired) electrons. The summed E-state index contributed by atoms with van der Waals surface area (Å²) >= 11 is 0. The van der Waals surface area contributed by atoms with Gasteiger partial charge in [-0.1, -0.05) is 13.8 Å². The number of hydrogen-bond acceptors (Lipinski definition) is 2. The summed E-state index contributed by atoms with van der Waals surface area (Å²) in [5, 5.41) is 9.04. The van der Waals surface area contributed by atoms with Crippen LogP contribution >= 0.6 is 0 Å². The van der Waals surface area contributed by atoms with Crippen LogP contribution in [0.2, 0.25) is 0 Å². The summed E-state index contributed by atoms with van der Waals surface area (Å²) in [7, 11) is 0. The van der Waals surface area contributed by atoms with Gasteiger partial charge in [-0.05, 0) is 55.4 Å². The van der Waals surface area contributed by atoms with Crippen LogP contribution in [0.15, 0.2) is 18.2 Å². The molecule has 1 aliphatic heterocycles. The van der Waals surface area contributed by atoms with Gasteiger partial charge in [0, 0.05) is 18.8 Å². The summed E-state index contributed by atoms with van der Waals surface area (Å²) in [6.07, 6.45) is 4.58. The fourth-order valence-electron chi connectivity index (χ4n) is 2.73. The minimum Gasteiger partial charge on any atom is -0.478 e. The van der Waals surface area contributed by atoms with E-state index in [0.29, 0.717) is 5.56 Å². The molecule has 3 nitrogen and oxygen atoms in total. The van der Waals surface area contributed by atoms with Crippen molar-refractivity contribution in [1.82, 2.24) is 0 Å². The largest absolute Gasteiger partial charge is 0.478 e. The first-order valence-corrected chi connectivity index (χ1v) is 7.19. The van der Waals surface area contributed by atoms with Gasteiger partial charge in [-0.15, -0.1) is 0 Å². The molecular weight excluding hydrogens is 238 g/mol. The molecule has 19 heavy (non-hydrogen) atoms. The topological polar surface area (TPSA) is 40.5 Å². The highest BCUT2D eigenvalue weighted by molar-refractivity contribution is 5.88. The second-order valence-corrected chi connectivity index (χ2v) is 5.78. The number of aromatic carboxylic acids is 1. The molecule has 0 unspecified atom stereocenters. The van der Waals surface area contributed by atoms with Crippen LogP contribution in [0.3, 0.4) is 0 Å². The van der Waals surface area contributed by atoms with Crippen molar-refractivity contribution in [3.8, 4) is 0 Å². The van der Waals surface area contributed by atoms with Gasteiger partial charge in [0.05, 0.1) is 5.56 Å². The first-order valence-electron chi connectivity index (χ1n) is 7.19. The molecule has 104 valence electrons. The lowest BCUT2D eigenvalue weighted by Crippen LogP contribution is -2.30. The van der Waals surface area contributed by atoms with Gasteiger partial charge in [0.15, 0.2) is 0 Å². The summed E-state index contributed by atoms with van der Waals surface area (Å²) in [5.41, 5.74) is 2.83. The molecule has 0 aliphatic carbocycles. The maximum atomic E-state index is 11.0. The maximum Gasteiger partial charge on any atom is 0.335 e. The molecule has 0 saturated carbocycles. The Hall–Kier alpha value is -1.51. The van der Waals surface area contributed by atoms with Gasteiger partial charge in [-0.25, -0.2) is 4.79 Å². The van der Waals surface area contributed by atoms with Gasteiger partial charge in [-0.3, -0.25) is 0 Å². The molecule has 0 aromatic heterocycles. The van der Waals surface area contributed by atoms with Crippen LogP contribution in [0.25, 0.3) is 0 Å². The minimum atomic E-state index is -0.834. The van der Waals surface area contributed by atoms with E-state index in [1.807, 2.05) is 12.1 Å². The van der Waals surface area contributed by atoms with Crippen LogP contribution in [0, 0.1) is 5.92 Å². The molecule has 1 N–H and O–H groups in total. The molecule has 0 amide bonds. The van der Waals surface area contributed by atoms with Crippen LogP contribution in [0.5, 0.6) is 0 Å². The Kier molecular flexibility index (Phi) is 4.46. The van der Waals surface area contributed by atoms with Crippen LogP contribution in [-0.2, 0) is 6.42 Å². The molecule has 1 aromatic carbocycles. The predicted molar refractivity (Wildman–Crippen MR) is 78.0 cm³/mol. The monoisotopic (exact) mass is 261 g/mol. The van der Waals surface area contributed by atoms with E-state index >= 15 is 0 Å². The number of fused-ring (bicyclic) bond motifs is 1. The second kappa shape index (κ2) is 6.09. The van der Waals surface area contributed by atoms with Crippen molar-refractivity contribution < 1.29 is 9.90 Å². The summed E-state index contributed by atoms with van der Waals surface area (Å²) in [6, 6.07) is 5.54. The molecule has 1 aromatic rings. The van der Waals surface area contributed by atoms with E-state index in [2.05, 4.69) is 18.7 Å². The number of hydrogen-bond donors (Lipinski definition) is 1.